The molecular weight excluding hydrogens is 414 g/mol. The molecule has 6 nitrogen and oxygen atoms in total. The van der Waals surface area contributed by atoms with E-state index in [9.17, 15) is 4.79 Å². The molecule has 0 saturated carbocycles. The van der Waals surface area contributed by atoms with Crippen LogP contribution >= 0.6 is 0 Å². The number of fused-ring (bicyclic) bond motifs is 1. The summed E-state index contributed by atoms with van der Waals surface area (Å²) in [4.78, 5) is 15.4. The van der Waals surface area contributed by atoms with Gasteiger partial charge in [0.1, 0.15) is 17.2 Å². The van der Waals surface area contributed by atoms with Crippen LogP contribution in [0.3, 0.4) is 0 Å². The first kappa shape index (κ1) is 20.8. The number of carbonyl (C=O) groups excluding carboxylic acids is 1. The van der Waals surface area contributed by atoms with Gasteiger partial charge in [0.05, 0.1) is 26.0 Å². The van der Waals surface area contributed by atoms with Crippen LogP contribution < -0.4 is 9.47 Å². The molecule has 6 heteroatoms. The number of benzene rings is 3. The maximum atomic E-state index is 13.5. The van der Waals surface area contributed by atoms with Crippen molar-refractivity contribution in [3.8, 4) is 22.8 Å². The Labute approximate surface area is 192 Å². The highest BCUT2D eigenvalue weighted by molar-refractivity contribution is 6.00. The van der Waals surface area contributed by atoms with E-state index in [0.29, 0.717) is 12.2 Å². The number of carbonyl (C=O) groups is 1. The summed E-state index contributed by atoms with van der Waals surface area (Å²) in [6, 6.07) is 25.7. The molecular formula is C27H25N3O3. The predicted octanol–water partition coefficient (Wildman–Crippen LogP) is 4.88. The second kappa shape index (κ2) is 8.82. The van der Waals surface area contributed by atoms with E-state index in [2.05, 4.69) is 22.3 Å². The van der Waals surface area contributed by atoms with E-state index in [0.717, 1.165) is 45.9 Å². The fourth-order valence-corrected chi connectivity index (χ4v) is 4.42. The maximum absolute atomic E-state index is 13.5. The molecule has 0 saturated heterocycles. The minimum absolute atomic E-state index is 0.0281. The molecule has 1 aliphatic heterocycles. The Hall–Kier alpha value is -4.06. The first-order chi connectivity index (χ1) is 16.2. The lowest BCUT2D eigenvalue weighted by Gasteiger charge is -2.26. The van der Waals surface area contributed by atoms with Gasteiger partial charge in [-0.1, -0.05) is 42.5 Å². The summed E-state index contributed by atoms with van der Waals surface area (Å²) >= 11 is 0. The van der Waals surface area contributed by atoms with Gasteiger partial charge in [0.25, 0.3) is 5.91 Å². The molecule has 0 fully saturated rings. The number of ether oxygens (including phenoxy) is 2. The largest absolute Gasteiger partial charge is 0.497 e. The van der Waals surface area contributed by atoms with Crippen LogP contribution in [-0.2, 0) is 6.42 Å². The zero-order chi connectivity index (χ0) is 22.8. The molecule has 1 amide bonds. The van der Waals surface area contributed by atoms with Crippen LogP contribution in [0.15, 0.2) is 78.9 Å². The van der Waals surface area contributed by atoms with Crippen LogP contribution in [0.1, 0.15) is 33.2 Å². The lowest BCUT2D eigenvalue weighted by atomic mass is 9.96. The van der Waals surface area contributed by atoms with Crippen LogP contribution in [0.2, 0.25) is 0 Å². The molecule has 0 spiro atoms. The van der Waals surface area contributed by atoms with Crippen LogP contribution in [0.4, 0.5) is 0 Å². The highest BCUT2D eigenvalue weighted by Crippen LogP contribution is 2.42. The quantitative estimate of drug-likeness (QED) is 0.446. The number of hydrogen-bond acceptors (Lipinski definition) is 4. The maximum Gasteiger partial charge on any atom is 0.273 e. The molecule has 5 rings (SSSR count). The van der Waals surface area contributed by atoms with Crippen molar-refractivity contribution in [3.63, 3.8) is 0 Å². The monoisotopic (exact) mass is 439 g/mol. The number of nitrogens with zero attached hydrogens (tertiary/aromatic N) is 2. The van der Waals surface area contributed by atoms with Crippen molar-refractivity contribution < 1.29 is 14.3 Å². The summed E-state index contributed by atoms with van der Waals surface area (Å²) in [5.74, 6) is 1.57. The van der Waals surface area contributed by atoms with Crippen LogP contribution in [-0.4, -0.2) is 41.8 Å². The first-order valence-corrected chi connectivity index (χ1v) is 10.9. The average Bonchev–Trinajstić information content (AvgIpc) is 3.42. The van der Waals surface area contributed by atoms with E-state index >= 15 is 0 Å². The molecule has 166 valence electrons. The van der Waals surface area contributed by atoms with Crippen molar-refractivity contribution in [2.75, 3.05) is 20.8 Å². The van der Waals surface area contributed by atoms with E-state index in [-0.39, 0.29) is 11.9 Å². The minimum atomic E-state index is -0.206. The summed E-state index contributed by atoms with van der Waals surface area (Å²) in [5.41, 5.74) is 5.44. The van der Waals surface area contributed by atoms with Gasteiger partial charge < -0.3 is 14.4 Å². The summed E-state index contributed by atoms with van der Waals surface area (Å²) in [6.07, 6.45) is 0.745. The number of nitrogens with one attached hydrogen (secondary N) is 1. The molecule has 1 N–H and O–H groups in total. The molecule has 1 aliphatic rings. The van der Waals surface area contributed by atoms with Gasteiger partial charge in [-0.05, 0) is 53.9 Å². The third kappa shape index (κ3) is 3.84. The van der Waals surface area contributed by atoms with E-state index < -0.39 is 0 Å². The van der Waals surface area contributed by atoms with E-state index in [1.54, 1.807) is 14.2 Å². The van der Waals surface area contributed by atoms with Crippen LogP contribution in [0, 0.1) is 0 Å². The predicted molar refractivity (Wildman–Crippen MR) is 127 cm³/mol. The second-order valence-corrected chi connectivity index (χ2v) is 8.00. The Balaban J connectivity index is 1.51. The molecule has 2 heterocycles. The Morgan fingerprint density at radius 1 is 0.879 bits per heavy atom. The Morgan fingerprint density at radius 3 is 2.15 bits per heavy atom. The topological polar surface area (TPSA) is 67.5 Å². The van der Waals surface area contributed by atoms with E-state index in [1.165, 1.54) is 0 Å². The van der Waals surface area contributed by atoms with Crippen molar-refractivity contribution in [1.29, 1.82) is 0 Å². The number of H-pyrrole nitrogens is 1. The normalized spacial score (nSPS) is 14.9. The highest BCUT2D eigenvalue weighted by atomic mass is 16.5. The average molecular weight is 440 g/mol. The highest BCUT2D eigenvalue weighted by Gasteiger charge is 2.41. The third-order valence-electron chi connectivity index (χ3n) is 6.14. The number of aromatic amines is 1. The van der Waals surface area contributed by atoms with Crippen molar-refractivity contribution >= 4 is 5.91 Å². The molecule has 1 unspecified atom stereocenters. The molecule has 3 aromatic carbocycles. The molecule has 1 aromatic heterocycles. The summed E-state index contributed by atoms with van der Waals surface area (Å²) in [6.45, 7) is 0.593. The zero-order valence-electron chi connectivity index (χ0n) is 18.6. The molecule has 1 atom stereocenters. The number of hydrogen-bond donors (Lipinski definition) is 1. The number of aromatic nitrogens is 2. The molecule has 0 bridgehead atoms. The van der Waals surface area contributed by atoms with Gasteiger partial charge in [-0.15, -0.1) is 0 Å². The number of methoxy groups -OCH3 is 2. The first-order valence-electron chi connectivity index (χ1n) is 10.9. The van der Waals surface area contributed by atoms with Gasteiger partial charge in [-0.3, -0.25) is 9.89 Å². The molecule has 0 aliphatic carbocycles. The van der Waals surface area contributed by atoms with Gasteiger partial charge >= 0.3 is 0 Å². The van der Waals surface area contributed by atoms with Crippen molar-refractivity contribution in [2.45, 2.75) is 12.5 Å². The second-order valence-electron chi connectivity index (χ2n) is 8.00. The van der Waals surface area contributed by atoms with E-state index in [1.807, 2.05) is 71.6 Å². The Kier molecular flexibility index (Phi) is 5.57. The van der Waals surface area contributed by atoms with Gasteiger partial charge in [0.15, 0.2) is 0 Å². The molecule has 0 radical (unpaired) electrons. The van der Waals surface area contributed by atoms with Gasteiger partial charge in [-0.25, -0.2) is 0 Å². The SMILES string of the molecule is COc1ccc(CCN2C(=O)c3[nH]nc(-c4ccc(OC)cc4)c3C2c2ccccc2)cc1. The van der Waals surface area contributed by atoms with E-state index in [4.69, 9.17) is 9.47 Å². The lowest BCUT2D eigenvalue weighted by Crippen LogP contribution is -2.31. The van der Waals surface area contributed by atoms with Gasteiger partial charge in [-0.2, -0.15) is 5.10 Å². The van der Waals surface area contributed by atoms with Crippen molar-refractivity contribution in [3.05, 3.63) is 101 Å². The summed E-state index contributed by atoms with van der Waals surface area (Å²) in [7, 11) is 3.30. The summed E-state index contributed by atoms with van der Waals surface area (Å²) < 4.78 is 10.6. The lowest BCUT2D eigenvalue weighted by molar-refractivity contribution is 0.0746. The molecule has 33 heavy (non-hydrogen) atoms. The van der Waals surface area contributed by atoms with Crippen LogP contribution in [0.25, 0.3) is 11.3 Å². The fraction of sp³-hybridized carbons (Fsp3) is 0.185. The standard InChI is InChI=1S/C27H25N3O3/c1-32-21-12-8-18(9-13-21)16-17-30-26(20-6-4-3-5-7-20)23-24(28-29-25(23)27(30)31)19-10-14-22(33-2)15-11-19/h3-15,26H,16-17H2,1-2H3,(H,28,29). The summed E-state index contributed by atoms with van der Waals surface area (Å²) in [5, 5.41) is 7.55. The Bertz CT molecular complexity index is 1250. The smallest absolute Gasteiger partial charge is 0.273 e. The minimum Gasteiger partial charge on any atom is -0.497 e. The molecule has 4 aromatic rings. The van der Waals surface area contributed by atoms with Gasteiger partial charge in [0, 0.05) is 17.7 Å². The zero-order valence-corrected chi connectivity index (χ0v) is 18.6. The van der Waals surface area contributed by atoms with Gasteiger partial charge in [0.2, 0.25) is 0 Å². The number of rotatable bonds is 7. The van der Waals surface area contributed by atoms with Crippen LogP contribution in [0.5, 0.6) is 11.5 Å². The van der Waals surface area contributed by atoms with Crippen molar-refractivity contribution in [1.82, 2.24) is 15.1 Å². The number of amides is 1. The van der Waals surface area contributed by atoms with Crippen molar-refractivity contribution in [2.24, 2.45) is 0 Å². The Morgan fingerprint density at radius 2 is 1.52 bits per heavy atom. The fourth-order valence-electron chi connectivity index (χ4n) is 4.42. The third-order valence-corrected chi connectivity index (χ3v) is 6.14.